The molecule has 0 saturated carbocycles. The van der Waals surface area contributed by atoms with Crippen LogP contribution in [0.25, 0.3) is 0 Å². The molecule has 0 N–H and O–H groups in total. The second-order valence-corrected chi connectivity index (χ2v) is 7.67. The highest BCUT2D eigenvalue weighted by atomic mass is 32.2. The van der Waals surface area contributed by atoms with Crippen molar-refractivity contribution in [2.45, 2.75) is 38.0 Å². The zero-order valence-electron chi connectivity index (χ0n) is 13.0. The summed E-state index contributed by atoms with van der Waals surface area (Å²) in [5, 5.41) is 0. The second kappa shape index (κ2) is 5.76. The van der Waals surface area contributed by atoms with Gasteiger partial charge in [-0.3, -0.25) is 4.31 Å². The van der Waals surface area contributed by atoms with Crippen LogP contribution < -0.4 is 4.31 Å². The molecule has 0 amide bonds. The third kappa shape index (κ3) is 2.63. The number of benzene rings is 2. The molecule has 4 heteroatoms. The highest BCUT2D eigenvalue weighted by Crippen LogP contribution is 2.32. The molecule has 22 heavy (non-hydrogen) atoms. The molecule has 0 fully saturated rings. The lowest BCUT2D eigenvalue weighted by atomic mass is 10.0. The van der Waals surface area contributed by atoms with E-state index in [0.29, 0.717) is 11.4 Å². The molecule has 2 aromatic rings. The van der Waals surface area contributed by atoms with Crippen LogP contribution in [0.1, 0.15) is 30.0 Å². The molecule has 1 aliphatic heterocycles. The molecule has 3 nitrogen and oxygen atoms in total. The summed E-state index contributed by atoms with van der Waals surface area (Å²) in [7, 11) is -3.48. The highest BCUT2D eigenvalue weighted by molar-refractivity contribution is 7.92. The van der Waals surface area contributed by atoms with Crippen LogP contribution in [-0.2, 0) is 22.9 Å². The Hall–Kier alpha value is -1.81. The Morgan fingerprint density at radius 3 is 2.50 bits per heavy atom. The summed E-state index contributed by atoms with van der Waals surface area (Å²) in [6.45, 7) is 4.61. The summed E-state index contributed by atoms with van der Waals surface area (Å²) in [4.78, 5) is 0.374. The number of fused-ring (bicyclic) bond motifs is 1. The predicted molar refractivity (Wildman–Crippen MR) is 89.9 cm³/mol. The monoisotopic (exact) mass is 315 g/mol. The van der Waals surface area contributed by atoms with Gasteiger partial charge in [-0.15, -0.1) is 0 Å². The Morgan fingerprint density at radius 2 is 1.82 bits per heavy atom. The van der Waals surface area contributed by atoms with Crippen molar-refractivity contribution in [1.82, 2.24) is 0 Å². The zero-order chi connectivity index (χ0) is 15.7. The highest BCUT2D eigenvalue weighted by Gasteiger charge is 2.28. The minimum absolute atomic E-state index is 0.374. The fourth-order valence-electron chi connectivity index (χ4n) is 2.93. The zero-order valence-corrected chi connectivity index (χ0v) is 13.9. The molecule has 3 rings (SSSR count). The van der Waals surface area contributed by atoms with E-state index in [0.717, 1.165) is 41.6 Å². The van der Waals surface area contributed by atoms with Crippen molar-refractivity contribution < 1.29 is 8.42 Å². The molecule has 1 heterocycles. The largest absolute Gasteiger partial charge is 0.266 e. The molecule has 0 atom stereocenters. The van der Waals surface area contributed by atoms with E-state index < -0.39 is 10.0 Å². The van der Waals surface area contributed by atoms with E-state index >= 15 is 0 Å². The third-order valence-corrected chi connectivity index (χ3v) is 6.06. The van der Waals surface area contributed by atoms with E-state index in [1.54, 1.807) is 16.4 Å². The van der Waals surface area contributed by atoms with Crippen LogP contribution in [0.15, 0.2) is 47.4 Å². The maximum atomic E-state index is 13.0. The van der Waals surface area contributed by atoms with Crippen molar-refractivity contribution >= 4 is 15.7 Å². The molecule has 0 saturated heterocycles. The van der Waals surface area contributed by atoms with Crippen molar-refractivity contribution in [3.8, 4) is 0 Å². The third-order valence-electron chi connectivity index (χ3n) is 4.24. The topological polar surface area (TPSA) is 37.4 Å². The van der Waals surface area contributed by atoms with Crippen LogP contribution in [0.4, 0.5) is 5.69 Å². The number of hydrogen-bond donors (Lipinski definition) is 0. The van der Waals surface area contributed by atoms with Crippen molar-refractivity contribution in [3.63, 3.8) is 0 Å². The lowest BCUT2D eigenvalue weighted by Gasteiger charge is -2.30. The molecule has 116 valence electrons. The van der Waals surface area contributed by atoms with Crippen molar-refractivity contribution in [1.29, 1.82) is 0 Å². The molecule has 1 aliphatic rings. The van der Waals surface area contributed by atoms with Gasteiger partial charge in [0, 0.05) is 6.54 Å². The summed E-state index contributed by atoms with van der Waals surface area (Å²) in [5.41, 5.74) is 4.19. The summed E-state index contributed by atoms with van der Waals surface area (Å²) >= 11 is 0. The lowest BCUT2D eigenvalue weighted by molar-refractivity contribution is 0.586. The van der Waals surface area contributed by atoms with Gasteiger partial charge in [-0.1, -0.05) is 31.2 Å². The van der Waals surface area contributed by atoms with Crippen LogP contribution in [0.5, 0.6) is 0 Å². The number of aryl methyl sites for hydroxylation is 3. The molecular formula is C18H21NO2S. The quantitative estimate of drug-likeness (QED) is 0.866. The van der Waals surface area contributed by atoms with Crippen LogP contribution in [-0.4, -0.2) is 15.0 Å². The molecular weight excluding hydrogens is 294 g/mol. The number of rotatable bonds is 3. The van der Waals surface area contributed by atoms with Gasteiger partial charge in [0.05, 0.1) is 10.6 Å². The standard InChI is InChI=1S/C18H21NO2S/c1-3-15-7-10-17(11-8-15)22(20,21)19-12-4-5-16-9-6-14(2)13-18(16)19/h6-11,13H,3-5,12H2,1-2H3. The molecule has 0 spiro atoms. The Labute approximate surface area is 132 Å². The van der Waals surface area contributed by atoms with Gasteiger partial charge >= 0.3 is 0 Å². The fraction of sp³-hybridized carbons (Fsp3) is 0.333. The Morgan fingerprint density at radius 1 is 1.09 bits per heavy atom. The molecule has 0 bridgehead atoms. The average Bonchev–Trinajstić information content (AvgIpc) is 2.54. The van der Waals surface area contributed by atoms with Crippen molar-refractivity contribution in [2.24, 2.45) is 0 Å². The van der Waals surface area contributed by atoms with Gasteiger partial charge in [0.25, 0.3) is 10.0 Å². The van der Waals surface area contributed by atoms with Gasteiger partial charge in [0.1, 0.15) is 0 Å². The van der Waals surface area contributed by atoms with Crippen LogP contribution >= 0.6 is 0 Å². The Kier molecular flexibility index (Phi) is 3.96. The van der Waals surface area contributed by atoms with Crippen LogP contribution in [0, 0.1) is 6.92 Å². The lowest BCUT2D eigenvalue weighted by Crippen LogP contribution is -2.35. The van der Waals surface area contributed by atoms with E-state index in [9.17, 15) is 8.42 Å². The summed E-state index contributed by atoms with van der Waals surface area (Å²) in [6.07, 6.45) is 2.71. The molecule has 0 radical (unpaired) electrons. The average molecular weight is 315 g/mol. The minimum atomic E-state index is -3.48. The number of anilines is 1. The minimum Gasteiger partial charge on any atom is -0.266 e. The molecule has 0 unspecified atom stereocenters. The fourth-order valence-corrected chi connectivity index (χ4v) is 4.46. The van der Waals surface area contributed by atoms with Gasteiger partial charge in [0.2, 0.25) is 0 Å². The summed E-state index contributed by atoms with van der Waals surface area (Å²) < 4.78 is 27.5. The van der Waals surface area contributed by atoms with Crippen molar-refractivity contribution in [3.05, 3.63) is 59.2 Å². The molecule has 0 aromatic heterocycles. The second-order valence-electron chi connectivity index (χ2n) is 5.81. The first-order valence-electron chi connectivity index (χ1n) is 7.73. The smallest absolute Gasteiger partial charge is 0.264 e. The van der Waals surface area contributed by atoms with Gasteiger partial charge in [0.15, 0.2) is 0 Å². The normalized spacial score (nSPS) is 14.7. The van der Waals surface area contributed by atoms with Gasteiger partial charge in [-0.05, 0) is 61.1 Å². The van der Waals surface area contributed by atoms with E-state index in [1.807, 2.05) is 37.3 Å². The van der Waals surface area contributed by atoms with Gasteiger partial charge in [-0.25, -0.2) is 8.42 Å². The molecule has 2 aromatic carbocycles. The maximum absolute atomic E-state index is 13.0. The van der Waals surface area contributed by atoms with Gasteiger partial charge < -0.3 is 0 Å². The number of nitrogens with zero attached hydrogens (tertiary/aromatic N) is 1. The number of hydrogen-bond acceptors (Lipinski definition) is 2. The van der Waals surface area contributed by atoms with Crippen LogP contribution in [0.2, 0.25) is 0 Å². The summed E-state index contributed by atoms with van der Waals surface area (Å²) in [5.74, 6) is 0. The van der Waals surface area contributed by atoms with Crippen molar-refractivity contribution in [2.75, 3.05) is 10.8 Å². The first-order valence-corrected chi connectivity index (χ1v) is 9.17. The van der Waals surface area contributed by atoms with E-state index in [1.165, 1.54) is 0 Å². The SMILES string of the molecule is CCc1ccc(S(=O)(=O)N2CCCc3ccc(C)cc32)cc1. The Bertz CT molecular complexity index is 779. The van der Waals surface area contributed by atoms with Gasteiger partial charge in [-0.2, -0.15) is 0 Å². The van der Waals surface area contributed by atoms with E-state index in [4.69, 9.17) is 0 Å². The summed E-state index contributed by atoms with van der Waals surface area (Å²) in [6, 6.07) is 13.3. The van der Waals surface area contributed by atoms with Crippen LogP contribution in [0.3, 0.4) is 0 Å². The van der Waals surface area contributed by atoms with E-state index in [-0.39, 0.29) is 0 Å². The first-order chi connectivity index (χ1) is 10.5. The van der Waals surface area contributed by atoms with E-state index in [2.05, 4.69) is 6.92 Å². The number of sulfonamides is 1. The first kappa shape index (κ1) is 15.1. The predicted octanol–water partition coefficient (Wildman–Crippen LogP) is 3.70. The Balaban J connectivity index is 2.05. The maximum Gasteiger partial charge on any atom is 0.264 e. The molecule has 0 aliphatic carbocycles.